The van der Waals surface area contributed by atoms with Gasteiger partial charge in [-0.3, -0.25) is 14.5 Å². The summed E-state index contributed by atoms with van der Waals surface area (Å²) in [4.78, 5) is 19.7. The molecule has 8 nitrogen and oxygen atoms in total. The van der Waals surface area contributed by atoms with E-state index in [2.05, 4.69) is 31.9 Å². The molecule has 0 bridgehead atoms. The van der Waals surface area contributed by atoms with Crippen molar-refractivity contribution >= 4 is 12.0 Å². The fraction of sp³-hybridized carbons (Fsp3) is 0.345. The molecule has 6 rings (SSSR count). The van der Waals surface area contributed by atoms with Crippen LogP contribution in [0.25, 0.3) is 17.3 Å². The van der Waals surface area contributed by atoms with Gasteiger partial charge >= 0.3 is 0 Å². The van der Waals surface area contributed by atoms with Crippen molar-refractivity contribution in [3.8, 4) is 11.3 Å². The maximum atomic E-state index is 13.4. The van der Waals surface area contributed by atoms with Gasteiger partial charge in [0.25, 0.3) is 0 Å². The number of hydrogen-bond acceptors (Lipinski definition) is 5. The molecular weight excluding hydrogens is 462 g/mol. The molecule has 0 spiro atoms. The average Bonchev–Trinajstić information content (AvgIpc) is 3.63. The van der Waals surface area contributed by atoms with Gasteiger partial charge in [-0.1, -0.05) is 36.8 Å². The first-order valence-electron chi connectivity index (χ1n) is 13.2. The lowest BCUT2D eigenvalue weighted by atomic mass is 10.1. The molecule has 8 heteroatoms. The molecule has 1 unspecified atom stereocenters. The van der Waals surface area contributed by atoms with Gasteiger partial charge in [-0.25, -0.2) is 0 Å². The van der Waals surface area contributed by atoms with E-state index < -0.39 is 0 Å². The Labute approximate surface area is 216 Å². The third kappa shape index (κ3) is 4.96. The van der Waals surface area contributed by atoms with Gasteiger partial charge in [0.1, 0.15) is 11.5 Å². The number of carbonyl (C=O) groups is 1. The van der Waals surface area contributed by atoms with Crippen LogP contribution in [0.15, 0.2) is 67.1 Å². The molecule has 0 aliphatic carbocycles. The number of hydrogen-bond donors (Lipinski definition) is 0. The minimum absolute atomic E-state index is 0.00131. The Morgan fingerprint density at radius 3 is 2.78 bits per heavy atom. The predicted octanol–water partition coefficient (Wildman–Crippen LogP) is 4.69. The summed E-state index contributed by atoms with van der Waals surface area (Å²) in [7, 11) is 0. The summed E-state index contributed by atoms with van der Waals surface area (Å²) in [5.41, 5.74) is 3.80. The second kappa shape index (κ2) is 10.5. The van der Waals surface area contributed by atoms with E-state index in [1.54, 1.807) is 12.3 Å². The maximum absolute atomic E-state index is 13.4. The molecule has 37 heavy (non-hydrogen) atoms. The Morgan fingerprint density at radius 2 is 1.92 bits per heavy atom. The van der Waals surface area contributed by atoms with Crippen LogP contribution in [0.1, 0.15) is 60.9 Å². The lowest BCUT2D eigenvalue weighted by Crippen LogP contribution is -2.30. The monoisotopic (exact) mass is 493 g/mol. The molecule has 188 valence electrons. The van der Waals surface area contributed by atoms with Crippen LogP contribution >= 0.6 is 0 Å². The van der Waals surface area contributed by atoms with E-state index in [-0.39, 0.29) is 11.9 Å². The van der Waals surface area contributed by atoms with Crippen molar-refractivity contribution in [1.82, 2.24) is 34.4 Å². The Kier molecular flexibility index (Phi) is 6.62. The van der Waals surface area contributed by atoms with Crippen molar-refractivity contribution in [2.75, 3.05) is 6.54 Å². The first-order valence-corrected chi connectivity index (χ1v) is 13.2. The van der Waals surface area contributed by atoms with Crippen LogP contribution in [0.4, 0.5) is 0 Å². The van der Waals surface area contributed by atoms with E-state index in [0.717, 1.165) is 73.7 Å². The van der Waals surface area contributed by atoms with Gasteiger partial charge in [0, 0.05) is 55.3 Å². The van der Waals surface area contributed by atoms with Crippen molar-refractivity contribution in [2.45, 2.75) is 57.7 Å². The Morgan fingerprint density at radius 1 is 1.00 bits per heavy atom. The zero-order chi connectivity index (χ0) is 25.0. The largest absolute Gasteiger partial charge is 0.329 e. The van der Waals surface area contributed by atoms with Crippen LogP contribution in [-0.4, -0.2) is 46.9 Å². The molecule has 1 amide bonds. The molecule has 1 fully saturated rings. The summed E-state index contributed by atoms with van der Waals surface area (Å²) in [5.74, 6) is 2.01. The molecule has 1 aromatic carbocycles. The number of aryl methyl sites for hydroxylation is 1. The first kappa shape index (κ1) is 23.3. The Hall–Kier alpha value is -4.07. The molecule has 3 aromatic heterocycles. The van der Waals surface area contributed by atoms with Gasteiger partial charge in [0.05, 0.1) is 12.6 Å². The van der Waals surface area contributed by atoms with Gasteiger partial charge in [0.2, 0.25) is 5.91 Å². The van der Waals surface area contributed by atoms with Crippen LogP contribution in [0.2, 0.25) is 0 Å². The lowest BCUT2D eigenvalue weighted by molar-refractivity contribution is -0.127. The third-order valence-corrected chi connectivity index (χ3v) is 7.29. The summed E-state index contributed by atoms with van der Waals surface area (Å²) in [6.45, 7) is 2.34. The van der Waals surface area contributed by atoms with Crippen molar-refractivity contribution in [3.05, 3.63) is 89.9 Å². The molecule has 5 heterocycles. The van der Waals surface area contributed by atoms with Gasteiger partial charge in [-0.2, -0.15) is 5.10 Å². The zero-order valence-electron chi connectivity index (χ0n) is 20.9. The van der Waals surface area contributed by atoms with Crippen molar-refractivity contribution in [1.29, 1.82) is 0 Å². The quantitative estimate of drug-likeness (QED) is 0.364. The number of amides is 1. The number of likely N-dealkylation sites (tertiary alicyclic amines) is 1. The average molecular weight is 494 g/mol. The van der Waals surface area contributed by atoms with Crippen LogP contribution < -0.4 is 0 Å². The minimum atomic E-state index is -0.0184. The highest BCUT2D eigenvalue weighted by molar-refractivity contribution is 5.93. The van der Waals surface area contributed by atoms with Gasteiger partial charge < -0.3 is 9.47 Å². The van der Waals surface area contributed by atoms with E-state index in [0.29, 0.717) is 6.54 Å². The second-order valence-corrected chi connectivity index (χ2v) is 9.82. The van der Waals surface area contributed by atoms with Gasteiger partial charge in [-0.15, -0.1) is 10.2 Å². The molecule has 0 N–H and O–H groups in total. The Bertz CT molecular complexity index is 1390. The van der Waals surface area contributed by atoms with E-state index in [9.17, 15) is 4.79 Å². The minimum Gasteiger partial charge on any atom is -0.329 e. The number of nitrogens with zero attached hydrogens (tertiary/aromatic N) is 7. The number of aromatic nitrogens is 6. The van der Waals surface area contributed by atoms with Crippen LogP contribution in [-0.2, 0) is 24.3 Å². The molecule has 1 saturated heterocycles. The van der Waals surface area contributed by atoms with E-state index in [1.807, 2.05) is 58.4 Å². The fourth-order valence-corrected chi connectivity index (χ4v) is 5.45. The predicted molar refractivity (Wildman–Crippen MR) is 141 cm³/mol. The van der Waals surface area contributed by atoms with E-state index >= 15 is 0 Å². The summed E-state index contributed by atoms with van der Waals surface area (Å²) >= 11 is 0. The molecular formula is C29H31N7O. The van der Waals surface area contributed by atoms with Gasteiger partial charge in [0.15, 0.2) is 5.82 Å². The number of fused-ring (bicyclic) bond motifs is 1. The summed E-state index contributed by atoms with van der Waals surface area (Å²) in [6.07, 6.45) is 15.5. The van der Waals surface area contributed by atoms with Crippen LogP contribution in [0, 0.1) is 0 Å². The fourth-order valence-electron chi connectivity index (χ4n) is 5.45. The van der Waals surface area contributed by atoms with E-state index in [1.165, 1.54) is 12.0 Å². The first-order chi connectivity index (χ1) is 18.3. The van der Waals surface area contributed by atoms with Crippen molar-refractivity contribution in [2.24, 2.45) is 0 Å². The van der Waals surface area contributed by atoms with E-state index in [4.69, 9.17) is 5.10 Å². The van der Waals surface area contributed by atoms with Crippen molar-refractivity contribution in [3.63, 3.8) is 0 Å². The van der Waals surface area contributed by atoms with Crippen molar-refractivity contribution < 1.29 is 4.79 Å². The lowest BCUT2D eigenvalue weighted by Gasteiger charge is -2.23. The zero-order valence-corrected chi connectivity index (χ0v) is 20.9. The molecule has 4 aromatic rings. The number of benzene rings is 1. The van der Waals surface area contributed by atoms with Crippen LogP contribution in [0.5, 0.6) is 0 Å². The number of pyridine rings is 1. The SMILES string of the molecule is O=C(/C=C/c1cn(Cc2ccccc2)nc1-c1cccnc1)N1CCCC1c1nnc2n1CCCCC2. The number of rotatable bonds is 6. The normalized spacial score (nSPS) is 17.7. The number of carbonyl (C=O) groups excluding carboxylic acids is 1. The molecule has 0 saturated carbocycles. The van der Waals surface area contributed by atoms with Gasteiger partial charge in [-0.05, 0) is 49.5 Å². The highest BCUT2D eigenvalue weighted by Crippen LogP contribution is 2.33. The highest BCUT2D eigenvalue weighted by Gasteiger charge is 2.33. The topological polar surface area (TPSA) is 81.7 Å². The summed E-state index contributed by atoms with van der Waals surface area (Å²) in [5, 5.41) is 13.9. The summed E-state index contributed by atoms with van der Waals surface area (Å²) in [6, 6.07) is 14.1. The standard InChI is InChI=1S/C29H31N7O/c37-27(35-18-8-12-25(35)29-32-31-26-13-5-2-6-17-36(26)29)15-14-24-21-34(20-22-9-3-1-4-10-22)33-28(24)23-11-7-16-30-19-23/h1,3-4,7,9-11,14-16,19,21,25H,2,5-6,8,12-13,17-18,20H2/b15-14+. The molecule has 1 atom stereocenters. The highest BCUT2D eigenvalue weighted by atomic mass is 16.2. The Balaban J connectivity index is 1.26. The van der Waals surface area contributed by atoms with Crippen LogP contribution in [0.3, 0.4) is 0 Å². The second-order valence-electron chi connectivity index (χ2n) is 9.82. The maximum Gasteiger partial charge on any atom is 0.247 e. The molecule has 0 radical (unpaired) electrons. The molecule has 2 aliphatic heterocycles. The third-order valence-electron chi connectivity index (χ3n) is 7.29. The molecule has 2 aliphatic rings. The smallest absolute Gasteiger partial charge is 0.247 e. The summed E-state index contributed by atoms with van der Waals surface area (Å²) < 4.78 is 4.19.